The lowest BCUT2D eigenvalue weighted by Gasteiger charge is -2.17. The first-order chi connectivity index (χ1) is 11.2. The van der Waals surface area contributed by atoms with Crippen LogP contribution in [0.25, 0.3) is 5.69 Å². The lowest BCUT2D eigenvalue weighted by molar-refractivity contribution is 0.855. The van der Waals surface area contributed by atoms with Crippen molar-refractivity contribution in [3.8, 4) is 5.69 Å². The molecule has 0 aliphatic carbocycles. The standard InChI is InChI=1S/C18H21N5/c1-4-16-11-18(22-14(3)21-16)20-13(2)15-6-5-7-17(10-15)23-9-8-19-12-23/h5-13H,4H2,1-3H3,(H,20,21,22). The van der Waals surface area contributed by atoms with Gasteiger partial charge in [0.2, 0.25) is 0 Å². The Hall–Kier alpha value is -2.69. The van der Waals surface area contributed by atoms with Crippen LogP contribution in [0.4, 0.5) is 5.82 Å². The zero-order valence-corrected chi connectivity index (χ0v) is 13.7. The molecule has 23 heavy (non-hydrogen) atoms. The molecule has 2 heterocycles. The quantitative estimate of drug-likeness (QED) is 0.781. The molecule has 1 atom stereocenters. The van der Waals surface area contributed by atoms with E-state index in [2.05, 4.69) is 58.4 Å². The minimum Gasteiger partial charge on any atom is -0.363 e. The predicted molar refractivity (Wildman–Crippen MR) is 91.7 cm³/mol. The van der Waals surface area contributed by atoms with Gasteiger partial charge >= 0.3 is 0 Å². The highest BCUT2D eigenvalue weighted by molar-refractivity contribution is 5.43. The highest BCUT2D eigenvalue weighted by atomic mass is 15.0. The van der Waals surface area contributed by atoms with Gasteiger partial charge in [0.15, 0.2) is 0 Å². The highest BCUT2D eigenvalue weighted by Gasteiger charge is 2.09. The van der Waals surface area contributed by atoms with Crippen molar-refractivity contribution < 1.29 is 0 Å². The summed E-state index contributed by atoms with van der Waals surface area (Å²) in [5.41, 5.74) is 3.35. The maximum Gasteiger partial charge on any atom is 0.130 e. The third-order valence-electron chi connectivity index (χ3n) is 3.79. The Balaban J connectivity index is 1.82. The molecule has 1 aromatic carbocycles. The summed E-state index contributed by atoms with van der Waals surface area (Å²) in [6.45, 7) is 6.16. The maximum atomic E-state index is 4.48. The molecule has 0 bridgehead atoms. The summed E-state index contributed by atoms with van der Waals surface area (Å²) < 4.78 is 2.00. The van der Waals surface area contributed by atoms with Gasteiger partial charge in [-0.25, -0.2) is 15.0 Å². The van der Waals surface area contributed by atoms with Crippen LogP contribution >= 0.6 is 0 Å². The minimum absolute atomic E-state index is 0.150. The van der Waals surface area contributed by atoms with Gasteiger partial charge in [0.25, 0.3) is 0 Å². The van der Waals surface area contributed by atoms with Crippen molar-refractivity contribution in [2.24, 2.45) is 0 Å². The minimum atomic E-state index is 0.150. The molecule has 0 fully saturated rings. The number of aryl methyl sites for hydroxylation is 2. The zero-order chi connectivity index (χ0) is 16.2. The first-order valence-electron chi connectivity index (χ1n) is 7.85. The van der Waals surface area contributed by atoms with Gasteiger partial charge in [0.05, 0.1) is 12.4 Å². The van der Waals surface area contributed by atoms with Gasteiger partial charge in [-0.05, 0) is 38.0 Å². The Morgan fingerprint density at radius 2 is 2.09 bits per heavy atom. The van der Waals surface area contributed by atoms with Gasteiger partial charge in [-0.15, -0.1) is 0 Å². The van der Waals surface area contributed by atoms with Crippen molar-refractivity contribution in [1.29, 1.82) is 0 Å². The van der Waals surface area contributed by atoms with Gasteiger partial charge in [0.1, 0.15) is 11.6 Å². The summed E-state index contributed by atoms with van der Waals surface area (Å²) in [5.74, 6) is 1.67. The Morgan fingerprint density at radius 1 is 1.22 bits per heavy atom. The Labute approximate surface area is 136 Å². The summed E-state index contributed by atoms with van der Waals surface area (Å²) in [5, 5.41) is 3.47. The van der Waals surface area contributed by atoms with Crippen LogP contribution in [0.5, 0.6) is 0 Å². The van der Waals surface area contributed by atoms with E-state index in [0.29, 0.717) is 0 Å². The van der Waals surface area contributed by atoms with Crippen molar-refractivity contribution in [3.05, 3.63) is 66.1 Å². The van der Waals surface area contributed by atoms with E-state index in [4.69, 9.17) is 0 Å². The summed E-state index contributed by atoms with van der Waals surface area (Å²) in [6, 6.07) is 10.6. The van der Waals surface area contributed by atoms with Crippen molar-refractivity contribution in [1.82, 2.24) is 19.5 Å². The number of rotatable bonds is 5. The lowest BCUT2D eigenvalue weighted by atomic mass is 10.1. The first kappa shape index (κ1) is 15.2. The zero-order valence-electron chi connectivity index (χ0n) is 13.7. The molecule has 0 radical (unpaired) electrons. The first-order valence-corrected chi connectivity index (χ1v) is 7.85. The van der Waals surface area contributed by atoms with Gasteiger partial charge in [-0.3, -0.25) is 0 Å². The van der Waals surface area contributed by atoms with Gasteiger partial charge in [-0.2, -0.15) is 0 Å². The third kappa shape index (κ3) is 3.56. The van der Waals surface area contributed by atoms with E-state index in [9.17, 15) is 0 Å². The van der Waals surface area contributed by atoms with Gasteiger partial charge < -0.3 is 9.88 Å². The number of imidazole rings is 1. The molecular weight excluding hydrogens is 286 g/mol. The number of anilines is 1. The van der Waals surface area contributed by atoms with E-state index in [1.54, 1.807) is 12.5 Å². The highest BCUT2D eigenvalue weighted by Crippen LogP contribution is 2.21. The molecule has 0 aliphatic heterocycles. The molecule has 2 aromatic heterocycles. The largest absolute Gasteiger partial charge is 0.363 e. The summed E-state index contributed by atoms with van der Waals surface area (Å²) >= 11 is 0. The van der Waals surface area contributed by atoms with Crippen LogP contribution in [-0.4, -0.2) is 19.5 Å². The Morgan fingerprint density at radius 3 is 2.83 bits per heavy atom. The molecule has 5 heteroatoms. The summed E-state index contributed by atoms with van der Waals surface area (Å²) in [4.78, 5) is 13.0. The van der Waals surface area contributed by atoms with Crippen LogP contribution in [0.15, 0.2) is 49.1 Å². The normalized spacial score (nSPS) is 12.1. The molecule has 5 nitrogen and oxygen atoms in total. The molecule has 0 amide bonds. The molecule has 0 spiro atoms. The average molecular weight is 307 g/mol. The van der Waals surface area contributed by atoms with Crippen LogP contribution in [-0.2, 0) is 6.42 Å². The van der Waals surface area contributed by atoms with Gasteiger partial charge in [0, 0.05) is 29.8 Å². The van der Waals surface area contributed by atoms with Crippen LogP contribution in [0, 0.1) is 6.92 Å². The molecule has 0 aliphatic rings. The summed E-state index contributed by atoms with van der Waals surface area (Å²) in [6.07, 6.45) is 6.43. The van der Waals surface area contributed by atoms with Crippen molar-refractivity contribution >= 4 is 5.82 Å². The average Bonchev–Trinajstić information content (AvgIpc) is 3.09. The number of nitrogens with zero attached hydrogens (tertiary/aromatic N) is 4. The topological polar surface area (TPSA) is 55.6 Å². The smallest absolute Gasteiger partial charge is 0.130 e. The van der Waals surface area contributed by atoms with Crippen LogP contribution in [0.1, 0.15) is 37.0 Å². The second kappa shape index (κ2) is 6.60. The molecule has 1 N–H and O–H groups in total. The van der Waals surface area contributed by atoms with Crippen molar-refractivity contribution in [2.75, 3.05) is 5.32 Å². The molecule has 1 unspecified atom stereocenters. The maximum absolute atomic E-state index is 4.48. The molecule has 3 rings (SSSR count). The molecule has 118 valence electrons. The van der Waals surface area contributed by atoms with Crippen LogP contribution in [0.2, 0.25) is 0 Å². The number of hydrogen-bond acceptors (Lipinski definition) is 4. The Kier molecular flexibility index (Phi) is 4.37. The number of hydrogen-bond donors (Lipinski definition) is 1. The second-order valence-corrected chi connectivity index (χ2v) is 5.58. The number of benzene rings is 1. The van der Waals surface area contributed by atoms with E-state index < -0.39 is 0 Å². The van der Waals surface area contributed by atoms with E-state index in [0.717, 1.165) is 29.4 Å². The van der Waals surface area contributed by atoms with Crippen molar-refractivity contribution in [2.45, 2.75) is 33.2 Å². The molecule has 0 saturated carbocycles. The third-order valence-corrected chi connectivity index (χ3v) is 3.79. The van der Waals surface area contributed by atoms with Crippen LogP contribution in [0.3, 0.4) is 0 Å². The number of nitrogens with one attached hydrogen (secondary N) is 1. The molecular formula is C18H21N5. The van der Waals surface area contributed by atoms with E-state index in [1.807, 2.05) is 23.8 Å². The van der Waals surface area contributed by atoms with E-state index in [-0.39, 0.29) is 6.04 Å². The van der Waals surface area contributed by atoms with Crippen LogP contribution < -0.4 is 5.32 Å². The van der Waals surface area contributed by atoms with E-state index >= 15 is 0 Å². The fourth-order valence-corrected chi connectivity index (χ4v) is 2.56. The molecule has 0 saturated heterocycles. The van der Waals surface area contributed by atoms with Gasteiger partial charge in [-0.1, -0.05) is 19.1 Å². The predicted octanol–water partition coefficient (Wildman–Crippen LogP) is 3.71. The van der Waals surface area contributed by atoms with Crippen molar-refractivity contribution in [3.63, 3.8) is 0 Å². The monoisotopic (exact) mass is 307 g/mol. The summed E-state index contributed by atoms with van der Waals surface area (Å²) in [7, 11) is 0. The fourth-order valence-electron chi connectivity index (χ4n) is 2.56. The van der Waals surface area contributed by atoms with E-state index in [1.165, 1.54) is 5.56 Å². The second-order valence-electron chi connectivity index (χ2n) is 5.58. The molecule has 3 aromatic rings. The Bertz CT molecular complexity index is 780. The number of aromatic nitrogens is 4. The lowest BCUT2D eigenvalue weighted by Crippen LogP contribution is -2.10. The fraction of sp³-hybridized carbons (Fsp3) is 0.278. The SMILES string of the molecule is CCc1cc(NC(C)c2cccc(-n3ccnc3)c2)nc(C)n1.